The van der Waals surface area contributed by atoms with Crippen LogP contribution in [0.5, 0.6) is 5.75 Å². The predicted octanol–water partition coefficient (Wildman–Crippen LogP) is 4.44. The largest absolute Gasteiger partial charge is 0.495 e. The highest BCUT2D eigenvalue weighted by molar-refractivity contribution is 6.31. The first kappa shape index (κ1) is 15.2. The minimum absolute atomic E-state index is 0.00720. The Morgan fingerprint density at radius 2 is 1.81 bits per heavy atom. The van der Waals surface area contributed by atoms with E-state index in [-0.39, 0.29) is 5.91 Å². The van der Waals surface area contributed by atoms with E-state index in [1.165, 1.54) is 0 Å². The van der Waals surface area contributed by atoms with Gasteiger partial charge in [0, 0.05) is 22.8 Å². The van der Waals surface area contributed by atoms with E-state index < -0.39 is 0 Å². The molecule has 5 heteroatoms. The molecule has 0 spiro atoms. The standard InChI is InChI=1S/C16H17ClN2O2/c1-3-16(20)19-13-7-5-12(6-8-13)18-14-10-11(17)4-9-15(14)21-2/h4-10,18H,3H2,1-2H3,(H,19,20). The molecule has 0 unspecified atom stereocenters. The Labute approximate surface area is 129 Å². The second kappa shape index (κ2) is 6.99. The summed E-state index contributed by atoms with van der Waals surface area (Å²) in [5, 5.41) is 6.67. The Bertz CT molecular complexity index is 627. The molecule has 0 bridgehead atoms. The highest BCUT2D eigenvalue weighted by Gasteiger charge is 2.05. The van der Waals surface area contributed by atoms with Crippen molar-refractivity contribution in [3.05, 3.63) is 47.5 Å². The van der Waals surface area contributed by atoms with E-state index in [4.69, 9.17) is 16.3 Å². The second-order valence-electron chi connectivity index (χ2n) is 4.45. The summed E-state index contributed by atoms with van der Waals surface area (Å²) in [4.78, 5) is 11.3. The van der Waals surface area contributed by atoms with Gasteiger partial charge in [-0.1, -0.05) is 18.5 Å². The number of benzene rings is 2. The van der Waals surface area contributed by atoms with Gasteiger partial charge in [-0.3, -0.25) is 4.79 Å². The molecule has 0 saturated heterocycles. The fourth-order valence-electron chi connectivity index (χ4n) is 1.82. The molecule has 0 saturated carbocycles. The van der Waals surface area contributed by atoms with Crippen LogP contribution in [0.1, 0.15) is 13.3 Å². The van der Waals surface area contributed by atoms with Gasteiger partial charge in [0.2, 0.25) is 5.91 Å². The van der Waals surface area contributed by atoms with Crippen LogP contribution in [0.3, 0.4) is 0 Å². The van der Waals surface area contributed by atoms with Crippen LogP contribution in [-0.4, -0.2) is 13.0 Å². The summed E-state index contributed by atoms with van der Waals surface area (Å²) in [6.07, 6.45) is 0.458. The number of ether oxygens (including phenoxy) is 1. The summed E-state index contributed by atoms with van der Waals surface area (Å²) >= 11 is 6.00. The summed E-state index contributed by atoms with van der Waals surface area (Å²) in [6.45, 7) is 1.82. The van der Waals surface area contributed by atoms with Crippen molar-refractivity contribution >= 4 is 34.6 Å². The van der Waals surface area contributed by atoms with Crippen molar-refractivity contribution in [2.45, 2.75) is 13.3 Å². The second-order valence-corrected chi connectivity index (χ2v) is 4.89. The topological polar surface area (TPSA) is 50.4 Å². The zero-order valence-corrected chi connectivity index (χ0v) is 12.7. The molecule has 4 nitrogen and oxygen atoms in total. The first-order valence-corrected chi connectivity index (χ1v) is 7.00. The zero-order chi connectivity index (χ0) is 15.2. The van der Waals surface area contributed by atoms with Gasteiger partial charge in [-0.05, 0) is 42.5 Å². The first-order chi connectivity index (χ1) is 10.1. The van der Waals surface area contributed by atoms with Crippen LogP contribution < -0.4 is 15.4 Å². The fourth-order valence-corrected chi connectivity index (χ4v) is 1.99. The highest BCUT2D eigenvalue weighted by Crippen LogP contribution is 2.30. The maximum atomic E-state index is 11.3. The third-order valence-electron chi connectivity index (χ3n) is 2.93. The number of nitrogens with one attached hydrogen (secondary N) is 2. The summed E-state index contributed by atoms with van der Waals surface area (Å²) in [6, 6.07) is 12.8. The summed E-state index contributed by atoms with van der Waals surface area (Å²) in [5.74, 6) is 0.704. The molecule has 0 aliphatic rings. The Balaban J connectivity index is 2.13. The van der Waals surface area contributed by atoms with Crippen molar-refractivity contribution in [3.8, 4) is 5.75 Å². The molecule has 0 aliphatic heterocycles. The van der Waals surface area contributed by atoms with Gasteiger partial charge >= 0.3 is 0 Å². The van der Waals surface area contributed by atoms with Crippen LogP contribution in [0, 0.1) is 0 Å². The molecule has 21 heavy (non-hydrogen) atoms. The lowest BCUT2D eigenvalue weighted by Crippen LogP contribution is -2.09. The van der Waals surface area contributed by atoms with Crippen molar-refractivity contribution in [2.75, 3.05) is 17.7 Å². The Morgan fingerprint density at radius 1 is 1.14 bits per heavy atom. The smallest absolute Gasteiger partial charge is 0.224 e. The maximum Gasteiger partial charge on any atom is 0.224 e. The van der Waals surface area contributed by atoms with Crippen LogP contribution in [0.15, 0.2) is 42.5 Å². The number of amides is 1. The van der Waals surface area contributed by atoms with Crippen molar-refractivity contribution in [1.29, 1.82) is 0 Å². The quantitative estimate of drug-likeness (QED) is 0.858. The van der Waals surface area contributed by atoms with Crippen LogP contribution in [0.2, 0.25) is 5.02 Å². The van der Waals surface area contributed by atoms with Crippen LogP contribution in [-0.2, 0) is 4.79 Å². The molecule has 0 heterocycles. The lowest BCUT2D eigenvalue weighted by Gasteiger charge is -2.12. The molecule has 2 aromatic carbocycles. The Morgan fingerprint density at radius 3 is 2.43 bits per heavy atom. The Hall–Kier alpha value is -2.20. The number of hydrogen-bond donors (Lipinski definition) is 2. The number of anilines is 3. The maximum absolute atomic E-state index is 11.3. The number of methoxy groups -OCH3 is 1. The molecule has 0 radical (unpaired) electrons. The van der Waals surface area contributed by atoms with Gasteiger partial charge in [0.15, 0.2) is 0 Å². The summed E-state index contributed by atoms with van der Waals surface area (Å²) in [7, 11) is 1.61. The third-order valence-corrected chi connectivity index (χ3v) is 3.17. The first-order valence-electron chi connectivity index (χ1n) is 6.63. The van der Waals surface area contributed by atoms with E-state index >= 15 is 0 Å². The average molecular weight is 305 g/mol. The van der Waals surface area contributed by atoms with Crippen LogP contribution in [0.4, 0.5) is 17.1 Å². The molecule has 2 aromatic rings. The van der Waals surface area contributed by atoms with Crippen molar-refractivity contribution in [3.63, 3.8) is 0 Å². The van der Waals surface area contributed by atoms with E-state index in [2.05, 4.69) is 10.6 Å². The van der Waals surface area contributed by atoms with Gasteiger partial charge in [-0.25, -0.2) is 0 Å². The van der Waals surface area contributed by atoms with E-state index in [1.54, 1.807) is 25.3 Å². The third kappa shape index (κ3) is 4.13. The molecule has 0 atom stereocenters. The molecule has 2 N–H and O–H groups in total. The van der Waals surface area contributed by atoms with Crippen LogP contribution >= 0.6 is 11.6 Å². The molecule has 110 valence electrons. The van der Waals surface area contributed by atoms with Crippen molar-refractivity contribution in [2.24, 2.45) is 0 Å². The van der Waals surface area contributed by atoms with Gasteiger partial charge in [-0.15, -0.1) is 0 Å². The molecule has 0 fully saturated rings. The van der Waals surface area contributed by atoms with E-state index in [0.717, 1.165) is 17.1 Å². The molecular weight excluding hydrogens is 288 g/mol. The number of carbonyl (C=O) groups is 1. The van der Waals surface area contributed by atoms with E-state index in [1.807, 2.05) is 31.2 Å². The number of hydrogen-bond acceptors (Lipinski definition) is 3. The van der Waals surface area contributed by atoms with Gasteiger partial charge in [0.05, 0.1) is 12.8 Å². The van der Waals surface area contributed by atoms with Gasteiger partial charge < -0.3 is 15.4 Å². The zero-order valence-electron chi connectivity index (χ0n) is 11.9. The molecule has 2 rings (SSSR count). The number of rotatable bonds is 5. The normalized spacial score (nSPS) is 10.0. The number of carbonyl (C=O) groups excluding carboxylic acids is 1. The van der Waals surface area contributed by atoms with E-state index in [9.17, 15) is 4.79 Å². The fraction of sp³-hybridized carbons (Fsp3) is 0.188. The molecule has 0 aliphatic carbocycles. The monoisotopic (exact) mass is 304 g/mol. The van der Waals surface area contributed by atoms with E-state index in [0.29, 0.717) is 17.2 Å². The summed E-state index contributed by atoms with van der Waals surface area (Å²) < 4.78 is 5.29. The molecule has 1 amide bonds. The molecule has 0 aromatic heterocycles. The minimum atomic E-state index is -0.00720. The lowest BCUT2D eigenvalue weighted by molar-refractivity contribution is -0.115. The average Bonchev–Trinajstić information content (AvgIpc) is 2.49. The SMILES string of the molecule is CCC(=O)Nc1ccc(Nc2cc(Cl)ccc2OC)cc1. The van der Waals surface area contributed by atoms with Crippen molar-refractivity contribution < 1.29 is 9.53 Å². The van der Waals surface area contributed by atoms with Crippen molar-refractivity contribution in [1.82, 2.24) is 0 Å². The Kier molecular flexibility index (Phi) is 5.06. The predicted molar refractivity (Wildman–Crippen MR) is 86.6 cm³/mol. The van der Waals surface area contributed by atoms with Gasteiger partial charge in [0.25, 0.3) is 0 Å². The minimum Gasteiger partial charge on any atom is -0.495 e. The van der Waals surface area contributed by atoms with Crippen LogP contribution in [0.25, 0.3) is 0 Å². The highest BCUT2D eigenvalue weighted by atomic mass is 35.5. The van der Waals surface area contributed by atoms with Gasteiger partial charge in [-0.2, -0.15) is 0 Å². The molecular formula is C16H17ClN2O2. The number of halogens is 1. The lowest BCUT2D eigenvalue weighted by atomic mass is 10.2. The summed E-state index contributed by atoms with van der Waals surface area (Å²) in [5.41, 5.74) is 2.44. The van der Waals surface area contributed by atoms with Gasteiger partial charge in [0.1, 0.15) is 5.75 Å².